The molecule has 192 valence electrons. The minimum absolute atomic E-state index is 0.183. The van der Waals surface area contributed by atoms with Crippen LogP contribution in [-0.2, 0) is 4.79 Å². The Morgan fingerprint density at radius 3 is 2.32 bits per heavy atom. The monoisotopic (exact) mass is 506 g/mol. The summed E-state index contributed by atoms with van der Waals surface area (Å²) in [7, 11) is 1.42. The number of carbonyl (C=O) groups is 1. The van der Waals surface area contributed by atoms with Gasteiger partial charge in [-0.3, -0.25) is 20.2 Å². The Morgan fingerprint density at radius 2 is 1.68 bits per heavy atom. The first-order chi connectivity index (χ1) is 17.6. The van der Waals surface area contributed by atoms with Crippen LogP contribution in [0.5, 0.6) is 17.2 Å². The van der Waals surface area contributed by atoms with E-state index in [0.29, 0.717) is 11.3 Å². The van der Waals surface area contributed by atoms with Crippen molar-refractivity contribution < 1.29 is 28.9 Å². The number of carbonyl (C=O) groups excluding carboxylic acids is 1. The summed E-state index contributed by atoms with van der Waals surface area (Å²) in [6, 6.07) is 14.0. The van der Waals surface area contributed by atoms with Crippen LogP contribution in [0.25, 0.3) is 12.2 Å². The van der Waals surface area contributed by atoms with Crippen LogP contribution in [0.2, 0.25) is 0 Å². The van der Waals surface area contributed by atoms with E-state index in [4.69, 9.17) is 14.2 Å². The van der Waals surface area contributed by atoms with E-state index in [-0.39, 0.29) is 35.3 Å². The van der Waals surface area contributed by atoms with Crippen LogP contribution in [0.1, 0.15) is 42.0 Å². The third kappa shape index (κ3) is 6.91. The predicted octanol–water partition coefficient (Wildman–Crippen LogP) is 6.10. The van der Waals surface area contributed by atoms with Crippen LogP contribution in [-0.4, -0.2) is 29.5 Å². The topological polar surface area (TPSA) is 131 Å². The van der Waals surface area contributed by atoms with Crippen molar-refractivity contribution in [2.45, 2.75) is 26.7 Å². The van der Waals surface area contributed by atoms with Crippen LogP contribution >= 0.6 is 0 Å². The third-order valence-corrected chi connectivity index (χ3v) is 5.42. The highest BCUT2D eigenvalue weighted by molar-refractivity contribution is 5.77. The summed E-state index contributed by atoms with van der Waals surface area (Å²) in [5, 5.41) is 22.3. The van der Waals surface area contributed by atoms with Crippen molar-refractivity contribution in [1.82, 2.24) is 0 Å². The molecule has 0 spiro atoms. The number of non-ortho nitro benzene ring substituents is 1. The zero-order valence-electron chi connectivity index (χ0n) is 20.8. The Morgan fingerprint density at radius 1 is 0.919 bits per heavy atom. The van der Waals surface area contributed by atoms with Crippen molar-refractivity contribution in [3.8, 4) is 17.2 Å². The first kappa shape index (κ1) is 26.9. The lowest BCUT2D eigenvalue weighted by Gasteiger charge is -2.15. The fraction of sp³-hybridized carbons (Fsp3) is 0.222. The van der Waals surface area contributed by atoms with Gasteiger partial charge in [0, 0.05) is 6.07 Å². The van der Waals surface area contributed by atoms with E-state index < -0.39 is 21.5 Å². The van der Waals surface area contributed by atoms with Crippen molar-refractivity contribution in [3.63, 3.8) is 0 Å². The molecular formula is C27H26N2O8. The number of nitro benzene ring substituents is 2. The lowest BCUT2D eigenvalue weighted by Crippen LogP contribution is -2.18. The van der Waals surface area contributed by atoms with E-state index in [2.05, 4.69) is 0 Å². The molecule has 10 heteroatoms. The predicted molar refractivity (Wildman–Crippen MR) is 138 cm³/mol. The second kappa shape index (κ2) is 11.8. The Balaban J connectivity index is 1.73. The molecule has 0 bridgehead atoms. The Bertz CT molecular complexity index is 1360. The van der Waals surface area contributed by atoms with E-state index in [1.165, 1.54) is 31.4 Å². The number of aryl methyl sites for hydroxylation is 1. The SMILES string of the molecule is COc1cc(/C=C/c2ccc([N+](=O)[O-])cc2[N+](=O)[O-])ccc1OC(=O)COc1cc(C)ccc1C(C)C. The third-order valence-electron chi connectivity index (χ3n) is 5.42. The lowest BCUT2D eigenvalue weighted by atomic mass is 10.0. The van der Waals surface area contributed by atoms with Gasteiger partial charge in [-0.05, 0) is 59.9 Å². The van der Waals surface area contributed by atoms with Gasteiger partial charge in [-0.1, -0.05) is 38.1 Å². The van der Waals surface area contributed by atoms with Crippen LogP contribution < -0.4 is 14.2 Å². The van der Waals surface area contributed by atoms with Crippen LogP contribution in [0.3, 0.4) is 0 Å². The average molecular weight is 507 g/mol. The summed E-state index contributed by atoms with van der Waals surface area (Å²) in [5.41, 5.74) is 2.03. The standard InChI is InChI=1S/C27H26N2O8/c1-17(2)22-11-5-18(3)13-25(22)36-16-27(30)37-24-12-7-19(14-26(24)35-4)6-8-20-9-10-21(28(31)32)15-23(20)29(33)34/h5-15,17H,16H2,1-4H3/b8-6+. The van der Waals surface area contributed by atoms with Gasteiger partial charge in [0.1, 0.15) is 5.75 Å². The average Bonchev–Trinajstić information content (AvgIpc) is 2.86. The summed E-state index contributed by atoms with van der Waals surface area (Å²) >= 11 is 0. The van der Waals surface area contributed by atoms with E-state index in [1.807, 2.05) is 39.0 Å². The molecule has 0 N–H and O–H groups in total. The molecule has 0 unspecified atom stereocenters. The van der Waals surface area contributed by atoms with Gasteiger partial charge in [0.05, 0.1) is 28.6 Å². The van der Waals surface area contributed by atoms with E-state index in [0.717, 1.165) is 17.2 Å². The molecule has 0 saturated carbocycles. The van der Waals surface area contributed by atoms with E-state index in [9.17, 15) is 25.0 Å². The highest BCUT2D eigenvalue weighted by Gasteiger charge is 2.18. The maximum Gasteiger partial charge on any atom is 0.349 e. The van der Waals surface area contributed by atoms with Crippen LogP contribution in [0.4, 0.5) is 11.4 Å². The van der Waals surface area contributed by atoms with Gasteiger partial charge in [0.2, 0.25) is 0 Å². The van der Waals surface area contributed by atoms with Crippen molar-refractivity contribution in [2.24, 2.45) is 0 Å². The highest BCUT2D eigenvalue weighted by Crippen LogP contribution is 2.31. The molecular weight excluding hydrogens is 480 g/mol. The Hall–Kier alpha value is -4.73. The number of methoxy groups -OCH3 is 1. The quantitative estimate of drug-likeness (QED) is 0.106. The molecule has 0 aliphatic carbocycles. The fourth-order valence-electron chi connectivity index (χ4n) is 3.54. The lowest BCUT2D eigenvalue weighted by molar-refractivity contribution is -0.394. The number of nitro groups is 2. The van der Waals surface area contributed by atoms with Gasteiger partial charge < -0.3 is 14.2 Å². The molecule has 0 aromatic heterocycles. The van der Waals surface area contributed by atoms with Crippen molar-refractivity contribution in [3.05, 3.63) is 97.1 Å². The molecule has 0 saturated heterocycles. The molecule has 3 aromatic rings. The van der Waals surface area contributed by atoms with Gasteiger partial charge in [0.15, 0.2) is 18.1 Å². The minimum Gasteiger partial charge on any atom is -0.493 e. The number of hydrogen-bond donors (Lipinski definition) is 0. The smallest absolute Gasteiger partial charge is 0.349 e. The molecule has 0 aliphatic heterocycles. The first-order valence-electron chi connectivity index (χ1n) is 11.3. The maximum atomic E-state index is 12.5. The van der Waals surface area contributed by atoms with E-state index >= 15 is 0 Å². The number of hydrogen-bond acceptors (Lipinski definition) is 8. The largest absolute Gasteiger partial charge is 0.493 e. The van der Waals surface area contributed by atoms with Crippen molar-refractivity contribution in [1.29, 1.82) is 0 Å². The highest BCUT2D eigenvalue weighted by atomic mass is 16.6. The second-order valence-corrected chi connectivity index (χ2v) is 8.46. The molecule has 0 aliphatic rings. The van der Waals surface area contributed by atoms with Gasteiger partial charge >= 0.3 is 5.97 Å². The van der Waals surface area contributed by atoms with Gasteiger partial charge in [0.25, 0.3) is 11.4 Å². The molecule has 0 amide bonds. The molecule has 3 rings (SSSR count). The molecule has 0 radical (unpaired) electrons. The summed E-state index contributed by atoms with van der Waals surface area (Å²) in [6.07, 6.45) is 3.04. The number of nitrogens with zero attached hydrogens (tertiary/aromatic N) is 2. The summed E-state index contributed by atoms with van der Waals surface area (Å²) < 4.78 is 16.5. The number of esters is 1. The minimum atomic E-state index is -0.694. The summed E-state index contributed by atoms with van der Waals surface area (Å²) in [4.78, 5) is 33.3. The molecule has 10 nitrogen and oxygen atoms in total. The van der Waals surface area contributed by atoms with Crippen LogP contribution in [0.15, 0.2) is 54.6 Å². The van der Waals surface area contributed by atoms with Crippen LogP contribution in [0, 0.1) is 27.2 Å². The molecule has 0 heterocycles. The van der Waals surface area contributed by atoms with Crippen molar-refractivity contribution >= 4 is 29.5 Å². The van der Waals surface area contributed by atoms with Gasteiger partial charge in [-0.15, -0.1) is 0 Å². The molecule has 0 fully saturated rings. The van der Waals surface area contributed by atoms with Gasteiger partial charge in [-0.2, -0.15) is 0 Å². The Kier molecular flexibility index (Phi) is 8.57. The normalized spacial score (nSPS) is 10.9. The molecule has 0 atom stereocenters. The van der Waals surface area contributed by atoms with Gasteiger partial charge in [-0.25, -0.2) is 4.79 Å². The Labute approximate surface area is 213 Å². The van der Waals surface area contributed by atoms with Crippen molar-refractivity contribution in [2.75, 3.05) is 13.7 Å². The second-order valence-electron chi connectivity index (χ2n) is 8.46. The number of benzene rings is 3. The fourth-order valence-corrected chi connectivity index (χ4v) is 3.54. The molecule has 3 aromatic carbocycles. The summed E-state index contributed by atoms with van der Waals surface area (Å²) in [5.74, 6) is 0.689. The first-order valence-corrected chi connectivity index (χ1v) is 11.3. The zero-order valence-corrected chi connectivity index (χ0v) is 20.8. The number of ether oxygens (including phenoxy) is 3. The summed E-state index contributed by atoms with van der Waals surface area (Å²) in [6.45, 7) is 5.72. The van der Waals surface area contributed by atoms with E-state index in [1.54, 1.807) is 18.2 Å². The maximum absolute atomic E-state index is 12.5. The number of rotatable bonds is 10. The molecule has 37 heavy (non-hydrogen) atoms. The zero-order chi connectivity index (χ0) is 27.1.